The van der Waals surface area contributed by atoms with E-state index in [0.29, 0.717) is 6.54 Å². The van der Waals surface area contributed by atoms with Crippen molar-refractivity contribution >= 4 is 19.7 Å². The minimum atomic E-state index is -3.78. The van der Waals surface area contributed by atoms with Crippen LogP contribution in [0.3, 0.4) is 0 Å². The first-order valence-corrected chi connectivity index (χ1v) is 13.9. The first-order chi connectivity index (χ1) is 14.5. The molecule has 1 aliphatic heterocycles. The lowest BCUT2D eigenvalue weighted by Crippen LogP contribution is -2.46. The molecule has 0 aromatic heterocycles. The Kier molecular flexibility index (Phi) is 7.25. The summed E-state index contributed by atoms with van der Waals surface area (Å²) in [5.41, 5.74) is 3.30. The molecule has 3 rings (SSSR count). The lowest BCUT2D eigenvalue weighted by atomic mass is 10.0. The van der Waals surface area contributed by atoms with Crippen molar-refractivity contribution in [1.82, 2.24) is 10.2 Å². The summed E-state index contributed by atoms with van der Waals surface area (Å²) in [7, 11) is -3.30. The molecule has 0 aliphatic carbocycles. The average Bonchev–Trinajstić information content (AvgIpc) is 3.04. The van der Waals surface area contributed by atoms with Gasteiger partial charge in [-0.2, -0.15) is 0 Å². The number of likely N-dealkylation sites (N-methyl/N-ethyl adjacent to an activating group) is 1. The van der Waals surface area contributed by atoms with Gasteiger partial charge in [0.25, 0.3) is 0 Å². The summed E-state index contributed by atoms with van der Waals surface area (Å²) >= 11 is 0. The molecule has 0 radical (unpaired) electrons. The van der Waals surface area contributed by atoms with Gasteiger partial charge in [0.2, 0.25) is 0 Å². The van der Waals surface area contributed by atoms with E-state index in [2.05, 4.69) is 17.4 Å². The molecule has 1 saturated heterocycles. The van der Waals surface area contributed by atoms with Crippen LogP contribution >= 0.6 is 0 Å². The Labute approximate surface area is 186 Å². The summed E-state index contributed by atoms with van der Waals surface area (Å²) in [5.74, 6) is -0.516. The van der Waals surface area contributed by atoms with Crippen LogP contribution in [0.25, 0.3) is 0 Å². The molecule has 0 amide bonds. The van der Waals surface area contributed by atoms with Crippen LogP contribution in [0, 0.1) is 6.92 Å². The van der Waals surface area contributed by atoms with Crippen molar-refractivity contribution in [3.8, 4) is 0 Å². The molecule has 0 bridgehead atoms. The average molecular weight is 465 g/mol. The number of rotatable bonds is 8. The monoisotopic (exact) mass is 464 g/mol. The van der Waals surface area contributed by atoms with Crippen molar-refractivity contribution in [2.45, 2.75) is 42.5 Å². The molecule has 31 heavy (non-hydrogen) atoms. The van der Waals surface area contributed by atoms with Gasteiger partial charge in [-0.05, 0) is 50.7 Å². The van der Waals surface area contributed by atoms with Crippen molar-refractivity contribution in [2.24, 2.45) is 0 Å². The minimum Gasteiger partial charge on any atom is -0.310 e. The van der Waals surface area contributed by atoms with Crippen molar-refractivity contribution in [3.63, 3.8) is 0 Å². The molecule has 1 aliphatic rings. The Hall–Kier alpha value is -1.74. The summed E-state index contributed by atoms with van der Waals surface area (Å²) in [6.45, 7) is 4.48. The van der Waals surface area contributed by atoms with E-state index < -0.39 is 31.0 Å². The number of hydrogen-bond donors (Lipinski definition) is 1. The Morgan fingerprint density at radius 3 is 2.19 bits per heavy atom. The third kappa shape index (κ3) is 5.55. The fourth-order valence-electron chi connectivity index (χ4n) is 4.05. The number of sulfone groups is 2. The summed E-state index contributed by atoms with van der Waals surface area (Å²) in [6.07, 6.45) is 0.813. The quantitative estimate of drug-likeness (QED) is 0.646. The van der Waals surface area contributed by atoms with Gasteiger partial charge in [-0.3, -0.25) is 0 Å². The van der Waals surface area contributed by atoms with E-state index in [4.69, 9.17) is 0 Å². The first kappa shape index (κ1) is 23.9. The molecule has 0 saturated carbocycles. The normalized spacial score (nSPS) is 22.0. The van der Waals surface area contributed by atoms with Gasteiger partial charge in [0.1, 0.15) is 0 Å². The van der Waals surface area contributed by atoms with Gasteiger partial charge >= 0.3 is 0 Å². The topological polar surface area (TPSA) is 83.5 Å². The molecule has 1 unspecified atom stereocenters. The highest BCUT2D eigenvalue weighted by Crippen LogP contribution is 2.27. The summed E-state index contributed by atoms with van der Waals surface area (Å²) in [4.78, 5) is 2.23. The molecular weight excluding hydrogens is 432 g/mol. The second kappa shape index (κ2) is 9.40. The Morgan fingerprint density at radius 1 is 1.03 bits per heavy atom. The third-order valence-corrected chi connectivity index (χ3v) is 10.2. The highest BCUT2D eigenvalue weighted by atomic mass is 32.2. The maximum atomic E-state index is 13.3. The van der Waals surface area contributed by atoms with Crippen LogP contribution in [0.5, 0.6) is 0 Å². The van der Waals surface area contributed by atoms with Crippen LogP contribution in [-0.4, -0.2) is 65.2 Å². The van der Waals surface area contributed by atoms with Crippen LogP contribution in [0.1, 0.15) is 29.7 Å². The molecular formula is C23H32N2O4S2. The van der Waals surface area contributed by atoms with E-state index >= 15 is 0 Å². The Bertz CT molecular complexity index is 1090. The smallest absolute Gasteiger partial charge is 0.183 e. The molecule has 0 spiro atoms. The molecule has 3 atom stereocenters. The molecule has 1 N–H and O–H groups in total. The third-order valence-electron chi connectivity index (χ3n) is 6.02. The molecule has 1 heterocycles. The number of benzene rings is 2. The van der Waals surface area contributed by atoms with Crippen LogP contribution in [0.15, 0.2) is 53.4 Å². The lowest BCUT2D eigenvalue weighted by Gasteiger charge is -2.28. The summed E-state index contributed by atoms with van der Waals surface area (Å²) in [6, 6.07) is 14.3. The second-order valence-electron chi connectivity index (χ2n) is 8.56. The highest BCUT2D eigenvalue weighted by Gasteiger charge is 2.45. The predicted octanol–water partition coefficient (Wildman–Crippen LogP) is 2.39. The maximum absolute atomic E-state index is 13.3. The first-order valence-electron chi connectivity index (χ1n) is 10.5. The largest absolute Gasteiger partial charge is 0.310 e. The molecule has 1 fully saturated rings. The van der Waals surface area contributed by atoms with E-state index in [-0.39, 0.29) is 22.4 Å². The fraction of sp³-hybridized carbons (Fsp3) is 0.478. The number of aryl methyl sites for hydroxylation is 2. The van der Waals surface area contributed by atoms with Crippen molar-refractivity contribution < 1.29 is 16.8 Å². The van der Waals surface area contributed by atoms with Crippen molar-refractivity contribution in [1.29, 1.82) is 0 Å². The SMILES string of the molecule is CCc1ccc(S(=O)(=O)[C@H]2CS(=O)(=O)C[C@@H]2NCC(c2ccc(C)cc2)N(C)C)cc1. The molecule has 6 nitrogen and oxygen atoms in total. The van der Waals surface area contributed by atoms with Gasteiger partial charge < -0.3 is 10.2 Å². The van der Waals surface area contributed by atoms with Gasteiger partial charge in [0.15, 0.2) is 19.7 Å². The Balaban J connectivity index is 1.83. The van der Waals surface area contributed by atoms with Gasteiger partial charge in [0, 0.05) is 18.6 Å². The van der Waals surface area contributed by atoms with E-state index in [0.717, 1.165) is 23.1 Å². The maximum Gasteiger partial charge on any atom is 0.183 e. The molecule has 8 heteroatoms. The fourth-order valence-corrected chi connectivity index (χ4v) is 8.77. The van der Waals surface area contributed by atoms with E-state index in [1.165, 1.54) is 0 Å². The Morgan fingerprint density at radius 2 is 1.65 bits per heavy atom. The zero-order chi connectivity index (χ0) is 22.8. The van der Waals surface area contributed by atoms with Crippen LogP contribution < -0.4 is 5.32 Å². The summed E-state index contributed by atoms with van der Waals surface area (Å²) < 4.78 is 51.4. The zero-order valence-electron chi connectivity index (χ0n) is 18.6. The van der Waals surface area contributed by atoms with E-state index in [1.54, 1.807) is 24.3 Å². The zero-order valence-corrected chi connectivity index (χ0v) is 20.2. The second-order valence-corrected chi connectivity index (χ2v) is 12.9. The van der Waals surface area contributed by atoms with Crippen molar-refractivity contribution in [3.05, 3.63) is 65.2 Å². The predicted molar refractivity (Wildman–Crippen MR) is 125 cm³/mol. The molecule has 170 valence electrons. The minimum absolute atomic E-state index is 0.00361. The van der Waals surface area contributed by atoms with E-state index in [1.807, 2.05) is 45.0 Å². The standard InChI is InChI=1S/C23H32N2O4S2/c1-5-18-8-12-20(13-9-18)31(28,29)23-16-30(26,27)15-21(23)24-14-22(25(3)4)19-10-6-17(2)7-11-19/h6-13,21-24H,5,14-16H2,1-4H3/t21-,22?,23-/m0/s1. The number of nitrogens with zero attached hydrogens (tertiary/aromatic N) is 1. The van der Waals surface area contributed by atoms with Crippen molar-refractivity contribution in [2.75, 3.05) is 32.1 Å². The van der Waals surface area contributed by atoms with Crippen LogP contribution in [-0.2, 0) is 26.1 Å². The number of hydrogen-bond acceptors (Lipinski definition) is 6. The molecule has 2 aromatic rings. The van der Waals surface area contributed by atoms with Gasteiger partial charge in [-0.25, -0.2) is 16.8 Å². The highest BCUT2D eigenvalue weighted by molar-refractivity contribution is 7.96. The number of nitrogens with one attached hydrogen (secondary N) is 1. The van der Waals surface area contributed by atoms with E-state index in [9.17, 15) is 16.8 Å². The van der Waals surface area contributed by atoms with Gasteiger partial charge in [-0.15, -0.1) is 0 Å². The summed E-state index contributed by atoms with van der Waals surface area (Å²) in [5, 5.41) is 2.29. The van der Waals surface area contributed by atoms with Gasteiger partial charge in [0.05, 0.1) is 21.7 Å². The van der Waals surface area contributed by atoms with Gasteiger partial charge in [-0.1, -0.05) is 48.9 Å². The molecule has 2 aromatic carbocycles. The lowest BCUT2D eigenvalue weighted by molar-refractivity contribution is 0.282. The van der Waals surface area contributed by atoms with Crippen LogP contribution in [0.4, 0.5) is 0 Å². The van der Waals surface area contributed by atoms with Crippen LogP contribution in [0.2, 0.25) is 0 Å².